The summed E-state index contributed by atoms with van der Waals surface area (Å²) in [4.78, 5) is 7.89. The lowest BCUT2D eigenvalue weighted by Crippen LogP contribution is -2.07. The molecule has 124 valence electrons. The van der Waals surface area contributed by atoms with Crippen LogP contribution in [-0.2, 0) is 19.3 Å². The first kappa shape index (κ1) is 15.9. The number of alkyl halides is 3. The molecule has 0 radical (unpaired) electrons. The molecule has 0 unspecified atom stereocenters. The number of nitrogens with one attached hydrogen (secondary N) is 1. The maximum absolute atomic E-state index is 12.7. The Morgan fingerprint density at radius 2 is 2.04 bits per heavy atom. The largest absolute Gasteiger partial charge is 0.416 e. The molecule has 0 aliphatic heterocycles. The molecule has 9 heteroatoms. The van der Waals surface area contributed by atoms with Crippen LogP contribution in [0.2, 0.25) is 0 Å². The van der Waals surface area contributed by atoms with Crippen molar-refractivity contribution in [1.29, 1.82) is 0 Å². The number of halogens is 3. The van der Waals surface area contributed by atoms with Crippen LogP contribution < -0.4 is 5.32 Å². The average molecular weight is 334 g/mol. The van der Waals surface area contributed by atoms with E-state index in [-0.39, 0.29) is 12.4 Å². The summed E-state index contributed by atoms with van der Waals surface area (Å²) in [5.74, 6) is 0.131. The highest BCUT2D eigenvalue weighted by atomic mass is 19.4. The lowest BCUT2D eigenvalue weighted by Gasteiger charge is -2.08. The second kappa shape index (κ2) is 6.65. The number of aromatic nitrogens is 5. The Hall–Kier alpha value is -2.97. The quantitative estimate of drug-likeness (QED) is 0.777. The van der Waals surface area contributed by atoms with Gasteiger partial charge in [-0.2, -0.15) is 13.2 Å². The van der Waals surface area contributed by atoms with E-state index in [2.05, 4.69) is 25.6 Å². The van der Waals surface area contributed by atoms with E-state index in [9.17, 15) is 13.2 Å². The van der Waals surface area contributed by atoms with Gasteiger partial charge in [0.1, 0.15) is 11.5 Å². The smallest absolute Gasteiger partial charge is 0.364 e. The Kier molecular flexibility index (Phi) is 4.41. The zero-order valence-corrected chi connectivity index (χ0v) is 12.4. The van der Waals surface area contributed by atoms with Gasteiger partial charge in [-0.05, 0) is 23.8 Å². The zero-order chi connectivity index (χ0) is 17.0. The van der Waals surface area contributed by atoms with Crippen LogP contribution in [0.1, 0.15) is 16.8 Å². The average Bonchev–Trinajstić information content (AvgIpc) is 3.01. The first-order valence-corrected chi connectivity index (χ1v) is 7.06. The topological polar surface area (TPSA) is 68.5 Å². The van der Waals surface area contributed by atoms with Gasteiger partial charge in [0.2, 0.25) is 0 Å². The second-order valence-corrected chi connectivity index (χ2v) is 5.05. The van der Waals surface area contributed by atoms with Gasteiger partial charge in [0.25, 0.3) is 0 Å². The lowest BCUT2D eigenvalue weighted by molar-refractivity contribution is -0.137. The molecule has 24 heavy (non-hydrogen) atoms. The SMILES string of the molecule is FC(F)(F)c1ccnc(NCc2cn(Cc3cccnc3)nn2)c1. The van der Waals surface area contributed by atoms with Crippen LogP contribution in [0.3, 0.4) is 0 Å². The first-order chi connectivity index (χ1) is 11.5. The Labute approximate surface area is 135 Å². The maximum atomic E-state index is 12.7. The number of nitrogens with zero attached hydrogens (tertiary/aromatic N) is 5. The van der Waals surface area contributed by atoms with Crippen LogP contribution in [-0.4, -0.2) is 25.0 Å². The third kappa shape index (κ3) is 4.06. The second-order valence-electron chi connectivity index (χ2n) is 5.05. The normalized spacial score (nSPS) is 11.5. The van der Waals surface area contributed by atoms with Gasteiger partial charge in [0.05, 0.1) is 24.8 Å². The molecular formula is C15H13F3N6. The highest BCUT2D eigenvalue weighted by Crippen LogP contribution is 2.29. The van der Waals surface area contributed by atoms with Crippen molar-refractivity contribution in [1.82, 2.24) is 25.0 Å². The Morgan fingerprint density at radius 1 is 1.17 bits per heavy atom. The van der Waals surface area contributed by atoms with Crippen molar-refractivity contribution >= 4 is 5.82 Å². The molecule has 0 saturated heterocycles. The van der Waals surface area contributed by atoms with Gasteiger partial charge in [-0.15, -0.1) is 5.10 Å². The third-order valence-electron chi connectivity index (χ3n) is 3.19. The monoisotopic (exact) mass is 334 g/mol. The fraction of sp³-hybridized carbons (Fsp3) is 0.200. The zero-order valence-electron chi connectivity index (χ0n) is 12.4. The summed E-state index contributed by atoms with van der Waals surface area (Å²) >= 11 is 0. The number of hydrogen-bond donors (Lipinski definition) is 1. The van der Waals surface area contributed by atoms with Crippen molar-refractivity contribution in [3.05, 3.63) is 65.9 Å². The van der Waals surface area contributed by atoms with E-state index in [1.165, 1.54) is 0 Å². The van der Waals surface area contributed by atoms with Crippen LogP contribution in [0.15, 0.2) is 49.1 Å². The van der Waals surface area contributed by atoms with E-state index >= 15 is 0 Å². The van der Waals surface area contributed by atoms with E-state index < -0.39 is 11.7 Å². The molecule has 3 aromatic heterocycles. The lowest BCUT2D eigenvalue weighted by atomic mass is 10.2. The summed E-state index contributed by atoms with van der Waals surface area (Å²) in [5, 5.41) is 10.8. The molecule has 1 N–H and O–H groups in total. The summed E-state index contributed by atoms with van der Waals surface area (Å²) in [6.45, 7) is 0.740. The van der Waals surface area contributed by atoms with Gasteiger partial charge in [0, 0.05) is 18.6 Å². The fourth-order valence-electron chi connectivity index (χ4n) is 2.06. The van der Waals surface area contributed by atoms with Gasteiger partial charge < -0.3 is 5.32 Å². The molecule has 0 aliphatic carbocycles. The molecule has 0 fully saturated rings. The van der Waals surface area contributed by atoms with Crippen LogP contribution in [0.5, 0.6) is 0 Å². The molecular weight excluding hydrogens is 321 g/mol. The van der Waals surface area contributed by atoms with Crippen molar-refractivity contribution in [2.75, 3.05) is 5.32 Å². The molecule has 0 spiro atoms. The van der Waals surface area contributed by atoms with E-state index in [1.807, 2.05) is 12.1 Å². The summed E-state index contributed by atoms with van der Waals surface area (Å²) < 4.78 is 39.6. The minimum atomic E-state index is -4.40. The Balaban J connectivity index is 1.62. The highest BCUT2D eigenvalue weighted by molar-refractivity contribution is 5.38. The van der Waals surface area contributed by atoms with Gasteiger partial charge in [0.15, 0.2) is 0 Å². The summed E-state index contributed by atoms with van der Waals surface area (Å²) in [5.41, 5.74) is 0.819. The summed E-state index contributed by atoms with van der Waals surface area (Å²) in [7, 11) is 0. The molecule has 0 saturated carbocycles. The molecule has 3 heterocycles. The molecule has 6 nitrogen and oxygen atoms in total. The van der Waals surface area contributed by atoms with E-state index in [0.717, 1.165) is 23.9 Å². The Morgan fingerprint density at radius 3 is 2.79 bits per heavy atom. The molecule has 0 aliphatic rings. The van der Waals surface area contributed by atoms with Crippen molar-refractivity contribution in [2.24, 2.45) is 0 Å². The minimum Gasteiger partial charge on any atom is -0.364 e. The van der Waals surface area contributed by atoms with E-state index in [0.29, 0.717) is 12.2 Å². The van der Waals surface area contributed by atoms with Gasteiger partial charge in [-0.1, -0.05) is 11.3 Å². The van der Waals surface area contributed by atoms with Gasteiger partial charge in [-0.3, -0.25) is 4.98 Å². The molecule has 0 aromatic carbocycles. The van der Waals surface area contributed by atoms with Crippen molar-refractivity contribution < 1.29 is 13.2 Å². The van der Waals surface area contributed by atoms with Crippen LogP contribution >= 0.6 is 0 Å². The molecule has 3 rings (SSSR count). The predicted molar refractivity (Wildman–Crippen MR) is 79.9 cm³/mol. The van der Waals surface area contributed by atoms with Crippen LogP contribution in [0.25, 0.3) is 0 Å². The molecule has 0 atom stereocenters. The van der Waals surface area contributed by atoms with Crippen LogP contribution in [0, 0.1) is 0 Å². The highest BCUT2D eigenvalue weighted by Gasteiger charge is 2.30. The van der Waals surface area contributed by atoms with Gasteiger partial charge >= 0.3 is 6.18 Å². The molecule has 0 bridgehead atoms. The Bertz CT molecular complexity index is 800. The first-order valence-electron chi connectivity index (χ1n) is 7.06. The van der Waals surface area contributed by atoms with Crippen molar-refractivity contribution in [2.45, 2.75) is 19.3 Å². The number of rotatable bonds is 5. The fourth-order valence-corrected chi connectivity index (χ4v) is 2.06. The molecule has 3 aromatic rings. The van der Waals surface area contributed by atoms with Crippen molar-refractivity contribution in [3.8, 4) is 0 Å². The number of pyridine rings is 2. The maximum Gasteiger partial charge on any atom is 0.416 e. The predicted octanol–water partition coefficient (Wildman–Crippen LogP) is 2.75. The number of anilines is 1. The van der Waals surface area contributed by atoms with E-state index in [1.54, 1.807) is 23.3 Å². The van der Waals surface area contributed by atoms with Crippen LogP contribution in [0.4, 0.5) is 19.0 Å². The molecule has 0 amide bonds. The van der Waals surface area contributed by atoms with Crippen molar-refractivity contribution in [3.63, 3.8) is 0 Å². The van der Waals surface area contributed by atoms with Gasteiger partial charge in [-0.25, -0.2) is 9.67 Å². The van der Waals surface area contributed by atoms with E-state index in [4.69, 9.17) is 0 Å². The number of hydrogen-bond acceptors (Lipinski definition) is 5. The standard InChI is InChI=1S/C15H13F3N6/c16-15(17,18)12-3-5-20-14(6-12)21-8-13-10-24(23-22-13)9-11-2-1-4-19-7-11/h1-7,10H,8-9H2,(H,20,21). The minimum absolute atomic E-state index is 0.131. The summed E-state index contributed by atoms with van der Waals surface area (Å²) in [6.07, 6.45) is 1.85. The summed E-state index contributed by atoms with van der Waals surface area (Å²) in [6, 6.07) is 5.63. The third-order valence-corrected chi connectivity index (χ3v) is 3.19.